The Morgan fingerprint density at radius 1 is 1.13 bits per heavy atom. The number of carbonyl (C=O) groups is 1. The molecule has 0 aliphatic rings. The lowest BCUT2D eigenvalue weighted by molar-refractivity contribution is -0.384. The van der Waals surface area contributed by atoms with Gasteiger partial charge in [-0.15, -0.1) is 0 Å². The number of amides is 1. The van der Waals surface area contributed by atoms with Crippen LogP contribution in [0, 0.1) is 10.1 Å². The highest BCUT2D eigenvalue weighted by Crippen LogP contribution is 2.34. The fraction of sp³-hybridized carbons (Fsp3) is 0.300. The second kappa shape index (κ2) is 9.70. The van der Waals surface area contributed by atoms with Crippen molar-refractivity contribution in [3.8, 4) is 0 Å². The lowest BCUT2D eigenvalue weighted by Gasteiger charge is -2.25. The number of benzene rings is 2. The van der Waals surface area contributed by atoms with Gasteiger partial charge in [0.2, 0.25) is 0 Å². The number of nitro benzene ring substituents is 1. The number of fused-ring (bicyclic) bond motifs is 1. The number of anilines is 1. The lowest BCUT2D eigenvalue weighted by atomic mass is 10.1. The molecule has 0 N–H and O–H groups in total. The van der Waals surface area contributed by atoms with Gasteiger partial charge in [-0.3, -0.25) is 19.8 Å². The van der Waals surface area contributed by atoms with Gasteiger partial charge in [-0.25, -0.2) is 4.98 Å². The minimum absolute atomic E-state index is 0.0655. The van der Waals surface area contributed by atoms with Crippen LogP contribution < -0.4 is 4.90 Å². The Hall–Kier alpha value is -2.26. The first kappa shape index (κ1) is 22.4. The largest absolute Gasteiger partial charge is 0.302 e. The molecular weight excluding hydrogens is 447 g/mol. The zero-order chi connectivity index (χ0) is 21.8. The number of halogens is 2. The predicted octanol–water partition coefficient (Wildman–Crippen LogP) is 5.50. The number of carbonyl (C=O) groups excluding carboxylic acids is 1. The molecule has 0 atom stereocenters. The van der Waals surface area contributed by atoms with E-state index in [4.69, 9.17) is 23.2 Å². The summed E-state index contributed by atoms with van der Waals surface area (Å²) in [5, 5.41) is 12.3. The summed E-state index contributed by atoms with van der Waals surface area (Å²) in [5.41, 5.74) is 0.486. The molecule has 0 unspecified atom stereocenters. The van der Waals surface area contributed by atoms with E-state index in [1.165, 1.54) is 34.4 Å². The molecule has 1 heterocycles. The van der Waals surface area contributed by atoms with Crippen LogP contribution >= 0.6 is 34.5 Å². The topological polar surface area (TPSA) is 79.6 Å². The van der Waals surface area contributed by atoms with Crippen molar-refractivity contribution in [1.29, 1.82) is 0 Å². The Kier molecular flexibility index (Phi) is 7.25. The highest BCUT2D eigenvalue weighted by Gasteiger charge is 2.25. The van der Waals surface area contributed by atoms with E-state index >= 15 is 0 Å². The number of rotatable bonds is 8. The maximum atomic E-state index is 13.4. The molecule has 0 radical (unpaired) electrons. The van der Waals surface area contributed by atoms with Gasteiger partial charge >= 0.3 is 0 Å². The summed E-state index contributed by atoms with van der Waals surface area (Å²) in [7, 11) is 0. The maximum Gasteiger partial charge on any atom is 0.270 e. The van der Waals surface area contributed by atoms with Crippen LogP contribution in [0.5, 0.6) is 0 Å². The average Bonchev–Trinajstić information content (AvgIpc) is 3.16. The molecule has 30 heavy (non-hydrogen) atoms. The molecule has 2 aromatic carbocycles. The summed E-state index contributed by atoms with van der Waals surface area (Å²) in [4.78, 5) is 32.3. The minimum atomic E-state index is -0.551. The van der Waals surface area contributed by atoms with E-state index in [1.54, 1.807) is 6.07 Å². The molecule has 0 aliphatic carbocycles. The molecule has 1 aromatic heterocycles. The quantitative estimate of drug-likeness (QED) is 0.323. The number of hydrogen-bond donors (Lipinski definition) is 0. The zero-order valence-corrected chi connectivity index (χ0v) is 18.8. The first-order valence-electron chi connectivity index (χ1n) is 9.38. The van der Waals surface area contributed by atoms with Crippen LogP contribution in [0.2, 0.25) is 10.0 Å². The number of thiazole rings is 1. The van der Waals surface area contributed by atoms with Gasteiger partial charge in [-0.2, -0.15) is 0 Å². The van der Waals surface area contributed by atoms with Gasteiger partial charge < -0.3 is 4.90 Å². The molecule has 1 amide bonds. The van der Waals surface area contributed by atoms with E-state index in [-0.39, 0.29) is 16.3 Å². The van der Waals surface area contributed by atoms with Crippen LogP contribution in [0.15, 0.2) is 36.4 Å². The number of aromatic nitrogens is 1. The van der Waals surface area contributed by atoms with Gasteiger partial charge in [0.05, 0.1) is 25.2 Å². The highest BCUT2D eigenvalue weighted by atomic mass is 35.5. The lowest BCUT2D eigenvalue weighted by Crippen LogP contribution is -2.39. The maximum absolute atomic E-state index is 13.4. The van der Waals surface area contributed by atoms with Crippen molar-refractivity contribution in [3.05, 3.63) is 62.1 Å². The third kappa shape index (κ3) is 4.73. The molecule has 0 fully saturated rings. The van der Waals surface area contributed by atoms with Crippen molar-refractivity contribution >= 4 is 61.5 Å². The number of nitro groups is 1. The van der Waals surface area contributed by atoms with E-state index in [0.717, 1.165) is 17.8 Å². The SMILES string of the molecule is CCN(CC)CCN(C(=O)c1cc([N+](=O)[O-])ccc1Cl)c1nc2c(Cl)cccc2s1. The number of para-hydroxylation sites is 1. The van der Waals surface area contributed by atoms with Gasteiger partial charge in [-0.05, 0) is 31.3 Å². The first-order chi connectivity index (χ1) is 14.3. The molecule has 10 heteroatoms. The van der Waals surface area contributed by atoms with Crippen LogP contribution in [-0.4, -0.2) is 46.9 Å². The third-order valence-electron chi connectivity index (χ3n) is 4.76. The van der Waals surface area contributed by atoms with Gasteiger partial charge in [0.25, 0.3) is 11.6 Å². The molecule has 0 saturated carbocycles. The molecule has 7 nitrogen and oxygen atoms in total. The summed E-state index contributed by atoms with van der Waals surface area (Å²) >= 11 is 13.8. The number of non-ortho nitro benzene ring substituents is 1. The van der Waals surface area contributed by atoms with Gasteiger partial charge in [0, 0.05) is 25.2 Å². The normalized spacial score (nSPS) is 11.2. The van der Waals surface area contributed by atoms with E-state index in [2.05, 4.69) is 9.88 Å². The minimum Gasteiger partial charge on any atom is -0.302 e. The Balaban J connectivity index is 2.04. The molecule has 158 valence electrons. The first-order valence-corrected chi connectivity index (χ1v) is 11.0. The Morgan fingerprint density at radius 3 is 2.50 bits per heavy atom. The average molecular weight is 467 g/mol. The molecule has 3 aromatic rings. The molecule has 0 spiro atoms. The summed E-state index contributed by atoms with van der Waals surface area (Å²) < 4.78 is 0.850. The predicted molar refractivity (Wildman–Crippen MR) is 122 cm³/mol. The van der Waals surface area contributed by atoms with Crippen LogP contribution in [-0.2, 0) is 0 Å². The number of hydrogen-bond acceptors (Lipinski definition) is 6. The number of likely N-dealkylation sites (N-methyl/N-ethyl adjacent to an activating group) is 1. The molecule has 0 aliphatic heterocycles. The Labute approximate surface area is 188 Å². The molecular formula is C20H20Cl2N4O3S. The second-order valence-corrected chi connectivity index (χ2v) is 8.31. The fourth-order valence-electron chi connectivity index (χ4n) is 3.02. The van der Waals surface area contributed by atoms with Crippen molar-refractivity contribution in [2.45, 2.75) is 13.8 Å². The van der Waals surface area contributed by atoms with Gasteiger partial charge in [-0.1, -0.05) is 54.5 Å². The summed E-state index contributed by atoms with van der Waals surface area (Å²) in [6.45, 7) is 6.74. The zero-order valence-electron chi connectivity index (χ0n) is 16.5. The van der Waals surface area contributed by atoms with Gasteiger partial charge in [0.15, 0.2) is 5.13 Å². The molecule has 3 rings (SSSR count). The van der Waals surface area contributed by atoms with Crippen molar-refractivity contribution in [2.24, 2.45) is 0 Å². The second-order valence-electron chi connectivity index (χ2n) is 6.49. The fourth-order valence-corrected chi connectivity index (χ4v) is 4.51. The van der Waals surface area contributed by atoms with E-state index in [1.807, 2.05) is 26.0 Å². The third-order valence-corrected chi connectivity index (χ3v) is 6.44. The Bertz CT molecular complexity index is 1090. The summed E-state index contributed by atoms with van der Waals surface area (Å²) in [6.07, 6.45) is 0. The number of nitrogens with zero attached hydrogens (tertiary/aromatic N) is 4. The van der Waals surface area contributed by atoms with E-state index in [9.17, 15) is 14.9 Å². The highest BCUT2D eigenvalue weighted by molar-refractivity contribution is 7.22. The van der Waals surface area contributed by atoms with Crippen LogP contribution in [0.4, 0.5) is 10.8 Å². The summed E-state index contributed by atoms with van der Waals surface area (Å²) in [6, 6.07) is 9.30. The summed E-state index contributed by atoms with van der Waals surface area (Å²) in [5.74, 6) is -0.439. The standard InChI is InChI=1S/C20H20Cl2N4O3S/c1-3-24(4-2)10-11-25(20-23-18-16(22)6-5-7-17(18)30-20)19(27)14-12-13(26(28)29)8-9-15(14)21/h5-9,12H,3-4,10-11H2,1-2H3. The van der Waals surface area contributed by atoms with E-state index < -0.39 is 10.8 Å². The monoisotopic (exact) mass is 466 g/mol. The van der Waals surface area contributed by atoms with Crippen molar-refractivity contribution in [1.82, 2.24) is 9.88 Å². The molecule has 0 bridgehead atoms. The molecule has 0 saturated heterocycles. The van der Waals surface area contributed by atoms with Crippen LogP contribution in [0.3, 0.4) is 0 Å². The van der Waals surface area contributed by atoms with Gasteiger partial charge in [0.1, 0.15) is 5.52 Å². The van der Waals surface area contributed by atoms with Crippen molar-refractivity contribution in [3.63, 3.8) is 0 Å². The Morgan fingerprint density at radius 2 is 1.87 bits per heavy atom. The van der Waals surface area contributed by atoms with Crippen LogP contribution in [0.25, 0.3) is 10.2 Å². The smallest absolute Gasteiger partial charge is 0.270 e. The van der Waals surface area contributed by atoms with Crippen molar-refractivity contribution < 1.29 is 9.72 Å². The van der Waals surface area contributed by atoms with Crippen molar-refractivity contribution in [2.75, 3.05) is 31.1 Å². The van der Waals surface area contributed by atoms with Crippen LogP contribution in [0.1, 0.15) is 24.2 Å². The van der Waals surface area contributed by atoms with E-state index in [0.29, 0.717) is 28.8 Å².